The van der Waals surface area contributed by atoms with Crippen molar-refractivity contribution in [1.82, 2.24) is 14.5 Å². The van der Waals surface area contributed by atoms with Crippen LogP contribution in [0.3, 0.4) is 0 Å². The Morgan fingerprint density at radius 1 is 1.24 bits per heavy atom. The second-order valence-electron chi connectivity index (χ2n) is 5.09. The van der Waals surface area contributed by atoms with Gasteiger partial charge in [0.05, 0.1) is 5.69 Å². The molecule has 0 spiro atoms. The van der Waals surface area contributed by atoms with Crippen molar-refractivity contribution in [3.63, 3.8) is 0 Å². The van der Waals surface area contributed by atoms with Gasteiger partial charge in [0.15, 0.2) is 5.65 Å². The molecule has 3 aromatic rings. The van der Waals surface area contributed by atoms with E-state index in [1.807, 2.05) is 19.2 Å². The van der Waals surface area contributed by atoms with E-state index in [1.165, 1.54) is 5.56 Å². The maximum absolute atomic E-state index is 5.94. The molecule has 108 valence electrons. The first-order chi connectivity index (χ1) is 10.1. The molecule has 21 heavy (non-hydrogen) atoms. The fourth-order valence-corrected chi connectivity index (χ4v) is 3.13. The number of halogens is 2. The Hall–Kier alpha value is -1.39. The molecule has 0 N–H and O–H groups in total. The van der Waals surface area contributed by atoms with E-state index < -0.39 is 0 Å². The van der Waals surface area contributed by atoms with E-state index in [1.54, 1.807) is 0 Å². The number of nitrogens with zero attached hydrogens (tertiary/aromatic N) is 3. The maximum atomic E-state index is 5.94. The highest BCUT2D eigenvalue weighted by Crippen LogP contribution is 2.25. The topological polar surface area (TPSA) is 30.7 Å². The van der Waals surface area contributed by atoms with Crippen molar-refractivity contribution in [2.75, 3.05) is 5.88 Å². The molecular formula is C16H15BrClN3. The monoisotopic (exact) mass is 363 g/mol. The van der Waals surface area contributed by atoms with Gasteiger partial charge in [-0.3, -0.25) is 4.57 Å². The Morgan fingerprint density at radius 3 is 2.76 bits per heavy atom. The Kier molecular flexibility index (Phi) is 4.00. The van der Waals surface area contributed by atoms with Crippen molar-refractivity contribution < 1.29 is 0 Å². The minimum absolute atomic E-state index is 0.540. The van der Waals surface area contributed by atoms with E-state index in [0.717, 1.165) is 32.7 Å². The third kappa shape index (κ3) is 2.70. The van der Waals surface area contributed by atoms with Gasteiger partial charge in [-0.05, 0) is 49.2 Å². The summed E-state index contributed by atoms with van der Waals surface area (Å²) in [6, 6.07) is 8.28. The average molecular weight is 365 g/mol. The molecule has 0 aliphatic heterocycles. The van der Waals surface area contributed by atoms with Gasteiger partial charge in [-0.25, -0.2) is 9.97 Å². The summed E-state index contributed by atoms with van der Waals surface area (Å²) in [5, 5.41) is 0. The summed E-state index contributed by atoms with van der Waals surface area (Å²) >= 11 is 9.44. The van der Waals surface area contributed by atoms with Crippen molar-refractivity contribution in [3.8, 4) is 5.69 Å². The van der Waals surface area contributed by atoms with Crippen molar-refractivity contribution >= 4 is 38.7 Å². The zero-order chi connectivity index (χ0) is 15.0. The molecule has 0 saturated carbocycles. The highest BCUT2D eigenvalue weighted by molar-refractivity contribution is 9.10. The lowest BCUT2D eigenvalue weighted by Crippen LogP contribution is -2.04. The van der Waals surface area contributed by atoms with Crippen LogP contribution in [0.1, 0.15) is 17.0 Å². The largest absolute Gasteiger partial charge is 0.280 e. The number of aryl methyl sites for hydroxylation is 3. The summed E-state index contributed by atoms with van der Waals surface area (Å²) in [4.78, 5) is 9.28. The first kappa shape index (κ1) is 14.5. The summed E-state index contributed by atoms with van der Waals surface area (Å²) in [6.45, 7) is 4.11. The summed E-state index contributed by atoms with van der Waals surface area (Å²) in [5.74, 6) is 1.49. The van der Waals surface area contributed by atoms with Gasteiger partial charge in [0.2, 0.25) is 0 Å². The van der Waals surface area contributed by atoms with Crippen LogP contribution in [0.4, 0.5) is 0 Å². The number of hydrogen-bond acceptors (Lipinski definition) is 2. The van der Waals surface area contributed by atoms with Crippen molar-refractivity contribution in [3.05, 3.63) is 51.9 Å². The molecule has 0 aliphatic carbocycles. The second kappa shape index (κ2) is 5.78. The second-order valence-corrected chi connectivity index (χ2v) is 6.38. The zero-order valence-electron chi connectivity index (χ0n) is 11.9. The molecule has 0 atom stereocenters. The number of fused-ring (bicyclic) bond motifs is 1. The maximum Gasteiger partial charge on any atom is 0.164 e. The minimum Gasteiger partial charge on any atom is -0.280 e. The number of imidazole rings is 1. The molecule has 0 radical (unpaired) electrons. The fraction of sp³-hybridized carbons (Fsp3) is 0.250. The quantitative estimate of drug-likeness (QED) is 0.637. The van der Waals surface area contributed by atoms with Crippen LogP contribution in [0.2, 0.25) is 0 Å². The van der Waals surface area contributed by atoms with Crippen LogP contribution >= 0.6 is 27.5 Å². The smallest absolute Gasteiger partial charge is 0.164 e. The predicted octanol–water partition coefficient (Wildman–Crippen LogP) is 4.58. The van der Waals surface area contributed by atoms with Crippen LogP contribution in [0.15, 0.2) is 34.9 Å². The number of aromatic nitrogens is 3. The molecule has 2 aromatic heterocycles. The van der Waals surface area contributed by atoms with Gasteiger partial charge < -0.3 is 0 Å². The van der Waals surface area contributed by atoms with Gasteiger partial charge >= 0.3 is 0 Å². The van der Waals surface area contributed by atoms with E-state index in [-0.39, 0.29) is 0 Å². The Balaban J connectivity index is 2.30. The third-order valence-corrected chi connectivity index (χ3v) is 4.10. The van der Waals surface area contributed by atoms with Crippen LogP contribution < -0.4 is 0 Å². The Labute approximate surface area is 137 Å². The van der Waals surface area contributed by atoms with Crippen LogP contribution in [-0.2, 0) is 6.42 Å². The van der Waals surface area contributed by atoms with Crippen LogP contribution in [0, 0.1) is 13.8 Å². The van der Waals surface area contributed by atoms with Gasteiger partial charge in [0.25, 0.3) is 0 Å². The van der Waals surface area contributed by atoms with E-state index in [2.05, 4.69) is 50.6 Å². The average Bonchev–Trinajstić information content (AvgIpc) is 2.76. The number of rotatable bonds is 3. The zero-order valence-corrected chi connectivity index (χ0v) is 14.2. The Morgan fingerprint density at radius 2 is 2.05 bits per heavy atom. The molecule has 3 rings (SSSR count). The van der Waals surface area contributed by atoms with Crippen LogP contribution in [0.5, 0.6) is 0 Å². The van der Waals surface area contributed by atoms with Gasteiger partial charge in [-0.15, -0.1) is 11.6 Å². The highest BCUT2D eigenvalue weighted by atomic mass is 79.9. The van der Waals surface area contributed by atoms with Crippen molar-refractivity contribution in [1.29, 1.82) is 0 Å². The molecule has 3 nitrogen and oxygen atoms in total. The number of benzene rings is 1. The molecule has 0 unspecified atom stereocenters. The molecule has 2 heterocycles. The van der Waals surface area contributed by atoms with Crippen molar-refractivity contribution in [2.45, 2.75) is 20.3 Å². The molecular weight excluding hydrogens is 350 g/mol. The SMILES string of the molecule is Cc1cnc2c(c1)nc(CCCl)n2-c1ccc(Br)cc1C. The summed E-state index contributed by atoms with van der Waals surface area (Å²) in [5.41, 5.74) is 5.17. The normalized spacial score (nSPS) is 11.2. The fourth-order valence-electron chi connectivity index (χ4n) is 2.49. The highest BCUT2D eigenvalue weighted by Gasteiger charge is 2.15. The van der Waals surface area contributed by atoms with Crippen molar-refractivity contribution in [2.24, 2.45) is 0 Å². The summed E-state index contributed by atoms with van der Waals surface area (Å²) < 4.78 is 3.18. The molecule has 5 heteroatoms. The Bertz CT molecular complexity index is 811. The lowest BCUT2D eigenvalue weighted by atomic mass is 10.2. The van der Waals surface area contributed by atoms with Gasteiger partial charge in [-0.2, -0.15) is 0 Å². The van der Waals surface area contributed by atoms with E-state index in [0.29, 0.717) is 12.3 Å². The lowest BCUT2D eigenvalue weighted by molar-refractivity contribution is 0.899. The van der Waals surface area contributed by atoms with Gasteiger partial charge in [0.1, 0.15) is 11.3 Å². The van der Waals surface area contributed by atoms with E-state index in [4.69, 9.17) is 16.6 Å². The standard InChI is InChI=1S/C16H15BrClN3/c1-10-7-13-16(19-9-10)21(15(20-13)5-6-18)14-4-3-12(17)8-11(14)2/h3-4,7-9H,5-6H2,1-2H3. The molecule has 1 aromatic carbocycles. The van der Waals surface area contributed by atoms with Gasteiger partial charge in [-0.1, -0.05) is 15.9 Å². The van der Waals surface area contributed by atoms with Gasteiger partial charge in [0, 0.05) is 23.0 Å². The number of alkyl halides is 1. The van der Waals surface area contributed by atoms with E-state index >= 15 is 0 Å². The number of pyridine rings is 1. The van der Waals surface area contributed by atoms with Crippen LogP contribution in [0.25, 0.3) is 16.9 Å². The predicted molar refractivity (Wildman–Crippen MR) is 90.5 cm³/mol. The first-order valence-corrected chi connectivity index (χ1v) is 8.09. The minimum atomic E-state index is 0.540. The summed E-state index contributed by atoms with van der Waals surface area (Å²) in [7, 11) is 0. The third-order valence-electron chi connectivity index (χ3n) is 3.42. The molecule has 0 aliphatic rings. The first-order valence-electron chi connectivity index (χ1n) is 6.76. The molecule has 0 bridgehead atoms. The lowest BCUT2D eigenvalue weighted by Gasteiger charge is -2.11. The van der Waals surface area contributed by atoms with Crippen LogP contribution in [-0.4, -0.2) is 20.4 Å². The molecule has 0 amide bonds. The molecule has 0 saturated heterocycles. The number of hydrogen-bond donors (Lipinski definition) is 0. The summed E-state index contributed by atoms with van der Waals surface area (Å²) in [6.07, 6.45) is 2.59. The van der Waals surface area contributed by atoms with E-state index in [9.17, 15) is 0 Å². The molecule has 0 fully saturated rings.